The predicted octanol–water partition coefficient (Wildman–Crippen LogP) is 0.712. The molecule has 0 bridgehead atoms. The number of hydrogen-bond donors (Lipinski definition) is 1. The molecule has 2 aromatic rings. The van der Waals surface area contributed by atoms with Gasteiger partial charge in [-0.3, -0.25) is 9.59 Å². The molecule has 0 spiro atoms. The van der Waals surface area contributed by atoms with Crippen LogP contribution in [0.4, 0.5) is 5.95 Å². The molecule has 0 aliphatic heterocycles. The second-order valence-corrected chi connectivity index (χ2v) is 5.92. The molecule has 1 fully saturated rings. The lowest BCUT2D eigenvalue weighted by Gasteiger charge is -2.44. The third-order valence-electron chi connectivity index (χ3n) is 4.32. The number of imidazole rings is 1. The molecule has 2 heterocycles. The van der Waals surface area contributed by atoms with Gasteiger partial charge in [0, 0.05) is 31.7 Å². The highest BCUT2D eigenvalue weighted by Gasteiger charge is 2.44. The molecule has 1 aliphatic rings. The molecule has 1 aliphatic carbocycles. The fourth-order valence-electron chi connectivity index (χ4n) is 3.06. The maximum absolute atomic E-state index is 11.1. The zero-order chi connectivity index (χ0) is 17.3. The number of carbonyl (C=O) groups is 2. The zero-order valence-corrected chi connectivity index (χ0v) is 13.5. The van der Waals surface area contributed by atoms with Crippen molar-refractivity contribution in [2.24, 2.45) is 11.8 Å². The van der Waals surface area contributed by atoms with Crippen LogP contribution in [0.3, 0.4) is 0 Å². The first-order valence-corrected chi connectivity index (χ1v) is 7.67. The molecule has 2 aromatic heterocycles. The second kappa shape index (κ2) is 6.42. The van der Waals surface area contributed by atoms with Crippen molar-refractivity contribution in [2.45, 2.75) is 26.3 Å². The maximum atomic E-state index is 11.1. The van der Waals surface area contributed by atoms with E-state index in [1.165, 1.54) is 13.8 Å². The topological polar surface area (TPSA) is 122 Å². The first-order valence-electron chi connectivity index (χ1n) is 7.67. The van der Waals surface area contributed by atoms with Crippen molar-refractivity contribution in [1.29, 1.82) is 0 Å². The number of anilines is 1. The normalized spacial score (nSPS) is 22.8. The minimum Gasteiger partial charge on any atom is -0.466 e. The number of nitrogens with two attached hydrogens (primary N) is 1. The van der Waals surface area contributed by atoms with Crippen LogP contribution in [0.2, 0.25) is 0 Å². The quantitative estimate of drug-likeness (QED) is 0.794. The number of nitrogen functional groups attached to an aromatic ring is 1. The summed E-state index contributed by atoms with van der Waals surface area (Å²) in [5.41, 5.74) is 6.96. The van der Waals surface area contributed by atoms with Crippen LogP contribution in [0.1, 0.15) is 26.3 Å². The summed E-state index contributed by atoms with van der Waals surface area (Å²) < 4.78 is 12.2. The molecule has 0 aromatic carbocycles. The van der Waals surface area contributed by atoms with E-state index >= 15 is 0 Å². The molecule has 2 N–H and O–H groups in total. The van der Waals surface area contributed by atoms with E-state index in [1.807, 2.05) is 4.57 Å². The van der Waals surface area contributed by atoms with Gasteiger partial charge in [-0.25, -0.2) is 9.97 Å². The Labute approximate surface area is 138 Å². The molecule has 0 amide bonds. The molecule has 24 heavy (non-hydrogen) atoms. The first-order chi connectivity index (χ1) is 11.5. The monoisotopic (exact) mass is 333 g/mol. The Morgan fingerprint density at radius 3 is 2.67 bits per heavy atom. The van der Waals surface area contributed by atoms with Gasteiger partial charge in [-0.1, -0.05) is 0 Å². The van der Waals surface area contributed by atoms with Crippen LogP contribution in [0.5, 0.6) is 0 Å². The van der Waals surface area contributed by atoms with E-state index in [1.54, 1.807) is 12.5 Å². The van der Waals surface area contributed by atoms with Gasteiger partial charge in [-0.2, -0.15) is 4.98 Å². The van der Waals surface area contributed by atoms with Gasteiger partial charge in [-0.05, 0) is 6.42 Å². The lowest BCUT2D eigenvalue weighted by Crippen LogP contribution is -2.44. The summed E-state index contributed by atoms with van der Waals surface area (Å²) in [4.78, 5) is 34.6. The second-order valence-electron chi connectivity index (χ2n) is 5.92. The van der Waals surface area contributed by atoms with Crippen LogP contribution in [0, 0.1) is 11.8 Å². The maximum Gasteiger partial charge on any atom is 0.302 e. The van der Waals surface area contributed by atoms with Gasteiger partial charge in [0.05, 0.1) is 25.7 Å². The molecule has 0 radical (unpaired) electrons. The van der Waals surface area contributed by atoms with E-state index in [-0.39, 0.29) is 42.4 Å². The highest BCUT2D eigenvalue weighted by Crippen LogP contribution is 2.45. The molecule has 1 saturated carbocycles. The van der Waals surface area contributed by atoms with Crippen molar-refractivity contribution in [3.05, 3.63) is 12.5 Å². The van der Waals surface area contributed by atoms with Gasteiger partial charge < -0.3 is 19.8 Å². The van der Waals surface area contributed by atoms with Crippen LogP contribution >= 0.6 is 0 Å². The first kappa shape index (κ1) is 16.2. The van der Waals surface area contributed by atoms with Gasteiger partial charge in [0.2, 0.25) is 5.95 Å². The number of fused-ring (bicyclic) bond motifs is 1. The molecule has 9 nitrogen and oxygen atoms in total. The highest BCUT2D eigenvalue weighted by atomic mass is 16.5. The molecule has 9 heteroatoms. The minimum atomic E-state index is -0.339. The Balaban J connectivity index is 1.81. The Morgan fingerprint density at radius 1 is 1.25 bits per heavy atom. The van der Waals surface area contributed by atoms with E-state index in [0.717, 1.165) is 6.42 Å². The van der Waals surface area contributed by atoms with Crippen LogP contribution in [-0.2, 0) is 19.1 Å². The van der Waals surface area contributed by atoms with Crippen LogP contribution in [0.15, 0.2) is 12.5 Å². The predicted molar refractivity (Wildman–Crippen MR) is 83.6 cm³/mol. The number of carbonyl (C=O) groups excluding carboxylic acids is 2. The average Bonchev–Trinajstić information content (AvgIpc) is 2.88. The Morgan fingerprint density at radius 2 is 1.96 bits per heavy atom. The third-order valence-corrected chi connectivity index (χ3v) is 4.32. The summed E-state index contributed by atoms with van der Waals surface area (Å²) in [5.74, 6) is -0.347. The number of nitrogens with zero attached hydrogens (tertiary/aromatic N) is 4. The van der Waals surface area contributed by atoms with Gasteiger partial charge in [0.25, 0.3) is 0 Å². The van der Waals surface area contributed by atoms with E-state index < -0.39 is 0 Å². The smallest absolute Gasteiger partial charge is 0.302 e. The van der Waals surface area contributed by atoms with Crippen LogP contribution in [-0.4, -0.2) is 44.7 Å². The van der Waals surface area contributed by atoms with E-state index in [0.29, 0.717) is 17.8 Å². The number of esters is 2. The van der Waals surface area contributed by atoms with Crippen molar-refractivity contribution in [1.82, 2.24) is 19.5 Å². The molecule has 3 rings (SSSR count). The fourth-order valence-corrected chi connectivity index (χ4v) is 3.06. The number of hydrogen-bond acceptors (Lipinski definition) is 8. The number of rotatable bonds is 5. The Kier molecular flexibility index (Phi) is 4.32. The standard InChI is InChI=1S/C15H19N5O4/c1-8(21)23-5-10-3-13(11(10)6-24-9(2)22)20-7-18-12-4-17-15(16)19-14(12)20/h4,7,10-11,13H,3,5-6H2,1-2H3,(H2,16,17,19)/t10-,11-,13-/m1/s1. The SMILES string of the molecule is CC(=O)OC[C@H]1C[C@@H](n2cnc3cnc(N)nc32)[C@@H]1COC(C)=O. The Bertz CT molecular complexity index is 774. The van der Waals surface area contributed by atoms with E-state index in [9.17, 15) is 9.59 Å². The number of ether oxygens (including phenoxy) is 2. The highest BCUT2D eigenvalue weighted by molar-refractivity contribution is 5.71. The van der Waals surface area contributed by atoms with Crippen molar-refractivity contribution < 1.29 is 19.1 Å². The third kappa shape index (κ3) is 3.15. The van der Waals surface area contributed by atoms with E-state index in [4.69, 9.17) is 15.2 Å². The summed E-state index contributed by atoms with van der Waals surface area (Å²) >= 11 is 0. The largest absolute Gasteiger partial charge is 0.466 e. The van der Waals surface area contributed by atoms with Crippen molar-refractivity contribution >= 4 is 29.1 Å². The van der Waals surface area contributed by atoms with Crippen molar-refractivity contribution in [2.75, 3.05) is 18.9 Å². The van der Waals surface area contributed by atoms with Crippen molar-refractivity contribution in [3.8, 4) is 0 Å². The van der Waals surface area contributed by atoms with Gasteiger partial charge in [0.1, 0.15) is 5.52 Å². The fraction of sp³-hybridized carbons (Fsp3) is 0.533. The number of aromatic nitrogens is 4. The van der Waals surface area contributed by atoms with Gasteiger partial charge in [0.15, 0.2) is 5.65 Å². The molecule has 3 atom stereocenters. The summed E-state index contributed by atoms with van der Waals surface area (Å²) in [6, 6.07) is 0.0456. The van der Waals surface area contributed by atoms with Crippen molar-refractivity contribution in [3.63, 3.8) is 0 Å². The minimum absolute atomic E-state index is 0.0156. The summed E-state index contributed by atoms with van der Waals surface area (Å²) in [6.45, 7) is 3.31. The summed E-state index contributed by atoms with van der Waals surface area (Å²) in [6.07, 6.45) is 4.03. The molecule has 0 saturated heterocycles. The molecular weight excluding hydrogens is 314 g/mol. The zero-order valence-electron chi connectivity index (χ0n) is 13.5. The van der Waals surface area contributed by atoms with E-state index in [2.05, 4.69) is 15.0 Å². The van der Waals surface area contributed by atoms with Gasteiger partial charge >= 0.3 is 11.9 Å². The Hall–Kier alpha value is -2.71. The lowest BCUT2D eigenvalue weighted by atomic mass is 9.69. The molecule has 0 unspecified atom stereocenters. The lowest BCUT2D eigenvalue weighted by molar-refractivity contribution is -0.152. The average molecular weight is 333 g/mol. The van der Waals surface area contributed by atoms with Gasteiger partial charge in [-0.15, -0.1) is 0 Å². The summed E-state index contributed by atoms with van der Waals surface area (Å²) in [5, 5.41) is 0. The molecule has 128 valence electrons. The van der Waals surface area contributed by atoms with Crippen LogP contribution < -0.4 is 5.73 Å². The molecular formula is C15H19N5O4. The summed E-state index contributed by atoms with van der Waals surface area (Å²) in [7, 11) is 0. The van der Waals surface area contributed by atoms with Crippen LogP contribution in [0.25, 0.3) is 11.2 Å².